The van der Waals surface area contributed by atoms with Gasteiger partial charge in [0.2, 0.25) is 5.91 Å². The van der Waals surface area contributed by atoms with Crippen LogP contribution in [0, 0.1) is 5.92 Å². The highest BCUT2D eigenvalue weighted by Gasteiger charge is 2.26. The molecule has 0 spiro atoms. The largest absolute Gasteiger partial charge is 0.397 e. The summed E-state index contributed by atoms with van der Waals surface area (Å²) in [6.45, 7) is 2.95. The summed E-state index contributed by atoms with van der Waals surface area (Å²) in [7, 11) is 0. The number of hydrogen-bond acceptors (Lipinski definition) is 3. The average molecular weight is 318 g/mol. The highest BCUT2D eigenvalue weighted by Crippen LogP contribution is 2.29. The average Bonchev–Trinajstić information content (AvgIpc) is 2.48. The number of carbonyl (C=O) groups excluding carboxylic acids is 1. The molecule has 2 aromatic rings. The number of amides is 1. The highest BCUT2D eigenvalue weighted by atomic mass is 35.5. The van der Waals surface area contributed by atoms with E-state index in [1.165, 1.54) is 5.56 Å². The van der Waals surface area contributed by atoms with Gasteiger partial charge in [-0.25, -0.2) is 0 Å². The standard InChI is InChI=1S/C17H19N3O.ClH/c1-12-8-13-4-2-3-5-16(13)20(11-12)17(21)9-15-7-6-14(18)10-19-15;/h2-7,10,12H,8-9,11,18H2,1H3;1H. The lowest BCUT2D eigenvalue weighted by Gasteiger charge is -2.33. The molecule has 22 heavy (non-hydrogen) atoms. The van der Waals surface area contributed by atoms with E-state index in [4.69, 9.17) is 5.73 Å². The number of nitrogens with two attached hydrogens (primary N) is 1. The number of rotatable bonds is 2. The van der Waals surface area contributed by atoms with Gasteiger partial charge in [-0.05, 0) is 36.1 Å². The zero-order chi connectivity index (χ0) is 14.8. The lowest BCUT2D eigenvalue weighted by atomic mass is 9.93. The molecule has 0 saturated carbocycles. The van der Waals surface area contributed by atoms with Crippen molar-refractivity contribution >= 4 is 29.7 Å². The first-order valence-electron chi connectivity index (χ1n) is 7.22. The Morgan fingerprint density at radius 1 is 1.32 bits per heavy atom. The van der Waals surface area contributed by atoms with Crippen molar-refractivity contribution in [2.75, 3.05) is 17.2 Å². The van der Waals surface area contributed by atoms with Crippen LogP contribution in [0.15, 0.2) is 42.6 Å². The Hall–Kier alpha value is -2.07. The molecule has 0 bridgehead atoms. The molecule has 2 heterocycles. The zero-order valence-corrected chi connectivity index (χ0v) is 13.3. The first-order chi connectivity index (χ1) is 10.1. The lowest BCUT2D eigenvalue weighted by molar-refractivity contribution is -0.118. The molecule has 1 aromatic carbocycles. The van der Waals surface area contributed by atoms with E-state index in [0.29, 0.717) is 18.0 Å². The molecule has 1 aliphatic rings. The van der Waals surface area contributed by atoms with Gasteiger partial charge < -0.3 is 10.6 Å². The zero-order valence-electron chi connectivity index (χ0n) is 12.5. The number of halogens is 1. The molecule has 0 fully saturated rings. The maximum atomic E-state index is 12.6. The molecular formula is C17H20ClN3O. The Kier molecular flexibility index (Phi) is 5.03. The van der Waals surface area contributed by atoms with Gasteiger partial charge in [-0.3, -0.25) is 9.78 Å². The van der Waals surface area contributed by atoms with Crippen LogP contribution in [0.5, 0.6) is 0 Å². The van der Waals surface area contributed by atoms with Crippen molar-refractivity contribution in [1.82, 2.24) is 4.98 Å². The first kappa shape index (κ1) is 16.3. The number of anilines is 2. The van der Waals surface area contributed by atoms with Crippen molar-refractivity contribution in [2.45, 2.75) is 19.8 Å². The van der Waals surface area contributed by atoms with Crippen molar-refractivity contribution in [1.29, 1.82) is 0 Å². The van der Waals surface area contributed by atoms with Gasteiger partial charge in [0.15, 0.2) is 0 Å². The fourth-order valence-electron chi connectivity index (χ4n) is 2.82. The second-order valence-electron chi connectivity index (χ2n) is 5.70. The van der Waals surface area contributed by atoms with Crippen molar-refractivity contribution in [3.63, 3.8) is 0 Å². The Balaban J connectivity index is 0.00000176. The number of para-hydroxylation sites is 1. The summed E-state index contributed by atoms with van der Waals surface area (Å²) < 4.78 is 0. The number of nitrogens with zero attached hydrogens (tertiary/aromatic N) is 2. The fourth-order valence-corrected chi connectivity index (χ4v) is 2.82. The fraction of sp³-hybridized carbons (Fsp3) is 0.294. The smallest absolute Gasteiger partial charge is 0.233 e. The first-order valence-corrected chi connectivity index (χ1v) is 7.22. The van der Waals surface area contributed by atoms with Crippen LogP contribution < -0.4 is 10.6 Å². The SMILES string of the molecule is CC1Cc2ccccc2N(C(=O)Cc2ccc(N)cn2)C1.Cl. The van der Waals surface area contributed by atoms with Gasteiger partial charge in [0, 0.05) is 17.9 Å². The van der Waals surface area contributed by atoms with Crippen LogP contribution in [0.2, 0.25) is 0 Å². The van der Waals surface area contributed by atoms with E-state index >= 15 is 0 Å². The third kappa shape index (κ3) is 3.39. The molecule has 0 aliphatic carbocycles. The Bertz CT molecular complexity index is 657. The molecular weight excluding hydrogens is 298 g/mol. The predicted molar refractivity (Wildman–Crippen MR) is 91.3 cm³/mol. The molecule has 0 saturated heterocycles. The van der Waals surface area contributed by atoms with E-state index in [1.807, 2.05) is 29.2 Å². The third-order valence-corrected chi connectivity index (χ3v) is 3.83. The van der Waals surface area contributed by atoms with E-state index in [2.05, 4.69) is 18.0 Å². The van der Waals surface area contributed by atoms with E-state index < -0.39 is 0 Å². The summed E-state index contributed by atoms with van der Waals surface area (Å²) in [4.78, 5) is 18.7. The second kappa shape index (κ2) is 6.79. The minimum absolute atomic E-state index is 0. The lowest BCUT2D eigenvalue weighted by Crippen LogP contribution is -2.40. The van der Waals surface area contributed by atoms with Crippen molar-refractivity contribution < 1.29 is 4.79 Å². The number of nitrogen functional groups attached to an aromatic ring is 1. The molecule has 3 rings (SSSR count). The molecule has 1 aliphatic heterocycles. The maximum Gasteiger partial charge on any atom is 0.233 e. The van der Waals surface area contributed by atoms with Gasteiger partial charge in [-0.15, -0.1) is 12.4 Å². The molecule has 116 valence electrons. The van der Waals surface area contributed by atoms with Gasteiger partial charge in [0.25, 0.3) is 0 Å². The predicted octanol–water partition coefficient (Wildman–Crippen LogP) is 2.85. The second-order valence-corrected chi connectivity index (χ2v) is 5.70. The number of pyridine rings is 1. The number of aromatic nitrogens is 1. The monoisotopic (exact) mass is 317 g/mol. The molecule has 1 atom stereocenters. The summed E-state index contributed by atoms with van der Waals surface area (Å²) >= 11 is 0. The summed E-state index contributed by atoms with van der Waals surface area (Å²) in [6.07, 6.45) is 2.93. The quantitative estimate of drug-likeness (QED) is 0.926. The maximum absolute atomic E-state index is 12.6. The number of benzene rings is 1. The molecule has 1 amide bonds. The molecule has 0 radical (unpaired) electrons. The minimum atomic E-state index is 0. The van der Waals surface area contributed by atoms with E-state index in [1.54, 1.807) is 12.3 Å². The molecule has 5 heteroatoms. The summed E-state index contributed by atoms with van der Waals surface area (Å²) in [6, 6.07) is 11.7. The van der Waals surface area contributed by atoms with Gasteiger partial charge in [0.1, 0.15) is 0 Å². The highest BCUT2D eigenvalue weighted by molar-refractivity contribution is 5.95. The van der Waals surface area contributed by atoms with Crippen LogP contribution >= 0.6 is 12.4 Å². The van der Waals surface area contributed by atoms with Gasteiger partial charge in [-0.2, -0.15) is 0 Å². The molecule has 4 nitrogen and oxygen atoms in total. The van der Waals surface area contributed by atoms with Crippen LogP contribution in [0.3, 0.4) is 0 Å². The molecule has 1 unspecified atom stereocenters. The Labute approximate surface area is 136 Å². The number of hydrogen-bond donors (Lipinski definition) is 1. The summed E-state index contributed by atoms with van der Waals surface area (Å²) in [5.74, 6) is 0.564. The summed E-state index contributed by atoms with van der Waals surface area (Å²) in [5, 5.41) is 0. The van der Waals surface area contributed by atoms with Gasteiger partial charge >= 0.3 is 0 Å². The summed E-state index contributed by atoms with van der Waals surface area (Å²) in [5.41, 5.74) is 9.28. The molecule has 1 aromatic heterocycles. The molecule has 2 N–H and O–H groups in total. The minimum Gasteiger partial charge on any atom is -0.397 e. The van der Waals surface area contributed by atoms with Crippen LogP contribution in [-0.2, 0) is 17.6 Å². The van der Waals surface area contributed by atoms with Crippen molar-refractivity contribution in [2.24, 2.45) is 5.92 Å². The third-order valence-electron chi connectivity index (χ3n) is 3.83. The van der Waals surface area contributed by atoms with Gasteiger partial charge in [-0.1, -0.05) is 25.1 Å². The number of carbonyl (C=O) groups is 1. The Morgan fingerprint density at radius 3 is 2.82 bits per heavy atom. The van der Waals surface area contributed by atoms with E-state index in [0.717, 1.165) is 24.3 Å². The van der Waals surface area contributed by atoms with Crippen LogP contribution in [0.25, 0.3) is 0 Å². The van der Waals surface area contributed by atoms with Crippen LogP contribution in [0.1, 0.15) is 18.2 Å². The van der Waals surface area contributed by atoms with Crippen LogP contribution in [0.4, 0.5) is 11.4 Å². The topological polar surface area (TPSA) is 59.2 Å². The normalized spacial score (nSPS) is 16.6. The van der Waals surface area contributed by atoms with E-state index in [-0.39, 0.29) is 18.3 Å². The number of fused-ring (bicyclic) bond motifs is 1. The van der Waals surface area contributed by atoms with Crippen molar-refractivity contribution in [3.8, 4) is 0 Å². The van der Waals surface area contributed by atoms with Crippen molar-refractivity contribution in [3.05, 3.63) is 53.9 Å². The van der Waals surface area contributed by atoms with Gasteiger partial charge in [0.05, 0.1) is 18.3 Å². The Morgan fingerprint density at radius 2 is 2.09 bits per heavy atom. The van der Waals surface area contributed by atoms with E-state index in [9.17, 15) is 4.79 Å². The van der Waals surface area contributed by atoms with Crippen LogP contribution in [-0.4, -0.2) is 17.4 Å².